The predicted molar refractivity (Wildman–Crippen MR) is 60.5 cm³/mol. The van der Waals surface area contributed by atoms with Crippen molar-refractivity contribution in [2.24, 2.45) is 0 Å². The van der Waals surface area contributed by atoms with Crippen molar-refractivity contribution in [3.63, 3.8) is 0 Å². The van der Waals surface area contributed by atoms with E-state index in [9.17, 15) is 0 Å². The zero-order valence-corrected chi connectivity index (χ0v) is 9.71. The van der Waals surface area contributed by atoms with Gasteiger partial charge in [0.25, 0.3) is 0 Å². The maximum absolute atomic E-state index is 2.80. The Bertz CT molecular complexity index is 169. The van der Waals surface area contributed by atoms with E-state index in [1.54, 1.807) is 0 Å². The van der Waals surface area contributed by atoms with E-state index in [1.807, 2.05) is 0 Å². The van der Waals surface area contributed by atoms with Crippen LogP contribution in [0.5, 0.6) is 0 Å². The largest absolute Gasteiger partial charge is 0.302 e. The maximum atomic E-state index is 2.80. The van der Waals surface area contributed by atoms with E-state index < -0.39 is 0 Å². The van der Waals surface area contributed by atoms with Crippen molar-refractivity contribution in [3.8, 4) is 0 Å². The molecule has 0 aliphatic carbocycles. The molecule has 0 N–H and O–H groups in total. The molecule has 0 amide bonds. The van der Waals surface area contributed by atoms with E-state index in [0.717, 1.165) is 12.1 Å². The molecule has 0 spiro atoms. The van der Waals surface area contributed by atoms with Gasteiger partial charge in [0.05, 0.1) is 0 Å². The Morgan fingerprint density at radius 3 is 2.21 bits per heavy atom. The van der Waals surface area contributed by atoms with Crippen molar-refractivity contribution in [1.82, 2.24) is 9.80 Å². The van der Waals surface area contributed by atoms with Gasteiger partial charge in [0, 0.05) is 25.2 Å². The minimum atomic E-state index is 0.845. The second-order valence-corrected chi connectivity index (χ2v) is 4.78. The Morgan fingerprint density at radius 1 is 1.00 bits per heavy atom. The molecule has 3 saturated heterocycles. The molecular formula is C12H24N2. The van der Waals surface area contributed by atoms with E-state index in [2.05, 4.69) is 23.6 Å². The summed E-state index contributed by atoms with van der Waals surface area (Å²) < 4.78 is 0. The number of fused-ring (bicyclic) bond motifs is 4. The van der Waals surface area contributed by atoms with Crippen LogP contribution in [0.15, 0.2) is 0 Å². The highest BCUT2D eigenvalue weighted by Gasteiger charge is 2.31. The lowest BCUT2D eigenvalue weighted by Gasteiger charge is -2.36. The van der Waals surface area contributed by atoms with Crippen molar-refractivity contribution in [2.75, 3.05) is 26.2 Å². The molecule has 0 saturated carbocycles. The fourth-order valence-corrected chi connectivity index (χ4v) is 3.15. The first-order valence-electron chi connectivity index (χ1n) is 6.33. The Balaban J connectivity index is 2.02. The quantitative estimate of drug-likeness (QED) is 0.681. The van der Waals surface area contributed by atoms with E-state index in [0.29, 0.717) is 0 Å². The van der Waals surface area contributed by atoms with E-state index in [4.69, 9.17) is 0 Å². The normalized spacial score (nSPS) is 33.6. The second-order valence-electron chi connectivity index (χ2n) is 4.78. The third-order valence-corrected chi connectivity index (χ3v) is 4.11. The summed E-state index contributed by atoms with van der Waals surface area (Å²) in [4.78, 5) is 5.44. The van der Waals surface area contributed by atoms with Crippen LogP contribution in [0.2, 0.25) is 0 Å². The van der Waals surface area contributed by atoms with Crippen LogP contribution >= 0.6 is 0 Å². The molecule has 2 nitrogen and oxygen atoms in total. The Hall–Kier alpha value is -0.0800. The number of hydrogen-bond acceptors (Lipinski definition) is 2. The molecule has 14 heavy (non-hydrogen) atoms. The molecule has 2 heteroatoms. The minimum Gasteiger partial charge on any atom is -0.302 e. The molecule has 0 radical (unpaired) electrons. The van der Waals surface area contributed by atoms with Gasteiger partial charge in [-0.1, -0.05) is 13.8 Å². The first-order valence-corrected chi connectivity index (χ1v) is 6.33. The van der Waals surface area contributed by atoms with E-state index in [1.165, 1.54) is 51.9 Å². The number of piperidine rings is 1. The fraction of sp³-hybridized carbons (Fsp3) is 1.00. The number of hydrogen-bond donors (Lipinski definition) is 0. The molecule has 3 aliphatic heterocycles. The highest BCUT2D eigenvalue weighted by atomic mass is 15.3. The van der Waals surface area contributed by atoms with Gasteiger partial charge in [-0.05, 0) is 38.8 Å². The van der Waals surface area contributed by atoms with Gasteiger partial charge in [0.15, 0.2) is 0 Å². The molecule has 3 heterocycles. The smallest absolute Gasteiger partial charge is 0.0123 e. The molecule has 0 aromatic carbocycles. The first kappa shape index (κ1) is 10.4. The third kappa shape index (κ3) is 1.96. The van der Waals surface area contributed by atoms with E-state index in [-0.39, 0.29) is 0 Å². The van der Waals surface area contributed by atoms with Crippen LogP contribution in [0, 0.1) is 0 Å². The van der Waals surface area contributed by atoms with Gasteiger partial charge in [-0.2, -0.15) is 0 Å². The highest BCUT2D eigenvalue weighted by molar-refractivity contribution is 4.87. The standard InChI is InChI=1S/C12H24N2/c1-3-11(4-2)14-10-9-13-7-5-12(14)6-8-13/h11-12H,3-10H2,1-2H3. The van der Waals surface area contributed by atoms with Crippen LogP contribution in [0.25, 0.3) is 0 Å². The van der Waals surface area contributed by atoms with Gasteiger partial charge in [-0.15, -0.1) is 0 Å². The maximum Gasteiger partial charge on any atom is 0.0123 e. The van der Waals surface area contributed by atoms with Crippen LogP contribution in [-0.4, -0.2) is 48.1 Å². The summed E-state index contributed by atoms with van der Waals surface area (Å²) in [6, 6.07) is 1.75. The third-order valence-electron chi connectivity index (χ3n) is 4.11. The van der Waals surface area contributed by atoms with Gasteiger partial charge in [-0.3, -0.25) is 4.90 Å². The van der Waals surface area contributed by atoms with Gasteiger partial charge < -0.3 is 4.90 Å². The Morgan fingerprint density at radius 2 is 1.64 bits per heavy atom. The highest BCUT2D eigenvalue weighted by Crippen LogP contribution is 2.24. The van der Waals surface area contributed by atoms with E-state index >= 15 is 0 Å². The number of nitrogens with zero attached hydrogens (tertiary/aromatic N) is 2. The van der Waals surface area contributed by atoms with Gasteiger partial charge in [0.2, 0.25) is 0 Å². The summed E-state index contributed by atoms with van der Waals surface area (Å²) in [6.07, 6.45) is 5.48. The molecule has 82 valence electrons. The molecule has 0 atom stereocenters. The second kappa shape index (κ2) is 4.63. The molecule has 0 aromatic heterocycles. The van der Waals surface area contributed by atoms with Crippen molar-refractivity contribution in [1.29, 1.82) is 0 Å². The summed E-state index contributed by atoms with van der Waals surface area (Å²) >= 11 is 0. The molecule has 0 aromatic rings. The summed E-state index contributed by atoms with van der Waals surface area (Å²) in [5.41, 5.74) is 0. The summed E-state index contributed by atoms with van der Waals surface area (Å²) in [7, 11) is 0. The number of rotatable bonds is 3. The molecule has 3 aliphatic rings. The average Bonchev–Trinajstić information content (AvgIpc) is 2.54. The summed E-state index contributed by atoms with van der Waals surface area (Å²) in [5.74, 6) is 0. The van der Waals surface area contributed by atoms with Crippen molar-refractivity contribution in [2.45, 2.75) is 51.6 Å². The van der Waals surface area contributed by atoms with Gasteiger partial charge >= 0.3 is 0 Å². The van der Waals surface area contributed by atoms with Crippen molar-refractivity contribution in [3.05, 3.63) is 0 Å². The molecule has 0 unspecified atom stereocenters. The fourth-order valence-electron chi connectivity index (χ4n) is 3.15. The summed E-state index contributed by atoms with van der Waals surface area (Å²) in [5, 5.41) is 0. The van der Waals surface area contributed by atoms with Crippen LogP contribution in [0.3, 0.4) is 0 Å². The van der Waals surface area contributed by atoms with Crippen molar-refractivity contribution < 1.29 is 0 Å². The zero-order chi connectivity index (χ0) is 9.97. The van der Waals surface area contributed by atoms with Crippen LogP contribution < -0.4 is 0 Å². The molecular weight excluding hydrogens is 172 g/mol. The van der Waals surface area contributed by atoms with Crippen LogP contribution in [-0.2, 0) is 0 Å². The van der Waals surface area contributed by atoms with Crippen molar-refractivity contribution >= 4 is 0 Å². The first-order chi connectivity index (χ1) is 6.85. The lowest BCUT2D eigenvalue weighted by molar-refractivity contribution is 0.125. The molecule has 3 rings (SSSR count). The Kier molecular flexibility index (Phi) is 3.45. The van der Waals surface area contributed by atoms with Gasteiger partial charge in [0.1, 0.15) is 0 Å². The van der Waals surface area contributed by atoms with Crippen LogP contribution in [0.4, 0.5) is 0 Å². The minimum absolute atomic E-state index is 0.845. The van der Waals surface area contributed by atoms with Gasteiger partial charge in [-0.25, -0.2) is 0 Å². The molecule has 3 fully saturated rings. The predicted octanol–water partition coefficient (Wildman–Crippen LogP) is 1.95. The zero-order valence-electron chi connectivity index (χ0n) is 9.71. The van der Waals surface area contributed by atoms with Crippen LogP contribution in [0.1, 0.15) is 39.5 Å². The average molecular weight is 196 g/mol. The lowest BCUT2D eigenvalue weighted by Crippen LogP contribution is -2.43. The summed E-state index contributed by atoms with van der Waals surface area (Å²) in [6.45, 7) is 10.0. The Labute approximate surface area is 88.3 Å². The monoisotopic (exact) mass is 196 g/mol. The topological polar surface area (TPSA) is 6.48 Å². The molecule has 2 bridgehead atoms. The lowest BCUT2D eigenvalue weighted by atomic mass is 10.0. The SMILES string of the molecule is CCC(CC)N1CCN2CCC1CC2.